The van der Waals surface area contributed by atoms with E-state index < -0.39 is 0 Å². The van der Waals surface area contributed by atoms with Gasteiger partial charge in [0.25, 0.3) is 0 Å². The summed E-state index contributed by atoms with van der Waals surface area (Å²) >= 11 is 0. The van der Waals surface area contributed by atoms with Crippen molar-refractivity contribution in [3.63, 3.8) is 0 Å². The van der Waals surface area contributed by atoms with Crippen molar-refractivity contribution in [2.45, 2.75) is 32.2 Å². The SMILES string of the molecule is Cc1cnn(C)c1CN1CCC(c2noc3cc(F)ccc23)CC1. The van der Waals surface area contributed by atoms with Crippen LogP contribution in [0.2, 0.25) is 0 Å². The van der Waals surface area contributed by atoms with Crippen LogP contribution >= 0.6 is 0 Å². The predicted molar refractivity (Wildman–Crippen MR) is 89.2 cm³/mol. The minimum absolute atomic E-state index is 0.286. The zero-order chi connectivity index (χ0) is 16.7. The van der Waals surface area contributed by atoms with Gasteiger partial charge in [0, 0.05) is 31.0 Å². The van der Waals surface area contributed by atoms with Gasteiger partial charge in [0.05, 0.1) is 17.6 Å². The first-order valence-electron chi connectivity index (χ1n) is 8.36. The number of hydrogen-bond donors (Lipinski definition) is 0. The molecular formula is C18H21FN4O. The minimum atomic E-state index is -0.286. The van der Waals surface area contributed by atoms with Crippen molar-refractivity contribution < 1.29 is 8.91 Å². The second-order valence-electron chi connectivity index (χ2n) is 6.66. The molecule has 3 aromatic rings. The molecule has 1 aromatic carbocycles. The Balaban J connectivity index is 1.46. The molecule has 6 heteroatoms. The Morgan fingerprint density at radius 3 is 2.79 bits per heavy atom. The molecule has 24 heavy (non-hydrogen) atoms. The van der Waals surface area contributed by atoms with E-state index in [1.165, 1.54) is 23.4 Å². The van der Waals surface area contributed by atoms with E-state index >= 15 is 0 Å². The van der Waals surface area contributed by atoms with Gasteiger partial charge in [0.1, 0.15) is 5.82 Å². The number of rotatable bonds is 3. The van der Waals surface area contributed by atoms with Crippen LogP contribution in [0.4, 0.5) is 4.39 Å². The monoisotopic (exact) mass is 328 g/mol. The van der Waals surface area contributed by atoms with Crippen LogP contribution < -0.4 is 0 Å². The smallest absolute Gasteiger partial charge is 0.170 e. The van der Waals surface area contributed by atoms with Crippen molar-refractivity contribution in [3.05, 3.63) is 47.2 Å². The van der Waals surface area contributed by atoms with Gasteiger partial charge in [0.2, 0.25) is 0 Å². The van der Waals surface area contributed by atoms with E-state index in [2.05, 4.69) is 22.1 Å². The van der Waals surface area contributed by atoms with E-state index in [4.69, 9.17) is 4.52 Å². The van der Waals surface area contributed by atoms with Crippen molar-refractivity contribution in [3.8, 4) is 0 Å². The Kier molecular flexibility index (Phi) is 3.84. The van der Waals surface area contributed by atoms with Crippen molar-refractivity contribution in [1.82, 2.24) is 19.8 Å². The molecule has 1 aliphatic heterocycles. The summed E-state index contributed by atoms with van der Waals surface area (Å²) in [6.45, 7) is 5.07. The summed E-state index contributed by atoms with van der Waals surface area (Å²) in [6.07, 6.45) is 3.99. The summed E-state index contributed by atoms with van der Waals surface area (Å²) in [5.74, 6) is 0.0900. The molecular weight excluding hydrogens is 307 g/mol. The Morgan fingerprint density at radius 1 is 1.29 bits per heavy atom. The van der Waals surface area contributed by atoms with Gasteiger partial charge in [-0.15, -0.1) is 0 Å². The van der Waals surface area contributed by atoms with Crippen LogP contribution in [0, 0.1) is 12.7 Å². The number of benzene rings is 1. The van der Waals surface area contributed by atoms with Crippen LogP contribution in [0.5, 0.6) is 0 Å². The number of aryl methyl sites for hydroxylation is 2. The van der Waals surface area contributed by atoms with E-state index in [0.717, 1.165) is 43.6 Å². The molecule has 0 unspecified atom stereocenters. The van der Waals surface area contributed by atoms with Crippen LogP contribution in [0.15, 0.2) is 28.9 Å². The lowest BCUT2D eigenvalue weighted by Crippen LogP contribution is -2.33. The second kappa shape index (κ2) is 6.02. The van der Waals surface area contributed by atoms with Gasteiger partial charge in [0.15, 0.2) is 5.58 Å². The molecule has 5 nitrogen and oxygen atoms in total. The van der Waals surface area contributed by atoms with Crippen molar-refractivity contribution in [2.24, 2.45) is 7.05 Å². The lowest BCUT2D eigenvalue weighted by atomic mass is 9.91. The van der Waals surface area contributed by atoms with Crippen molar-refractivity contribution >= 4 is 11.0 Å². The maximum atomic E-state index is 13.3. The third kappa shape index (κ3) is 2.71. The fourth-order valence-electron chi connectivity index (χ4n) is 3.60. The van der Waals surface area contributed by atoms with Gasteiger partial charge < -0.3 is 4.52 Å². The summed E-state index contributed by atoms with van der Waals surface area (Å²) in [7, 11) is 2.00. The number of hydrogen-bond acceptors (Lipinski definition) is 4. The number of aromatic nitrogens is 3. The van der Waals surface area contributed by atoms with Gasteiger partial charge in [-0.05, 0) is 50.6 Å². The van der Waals surface area contributed by atoms with Crippen molar-refractivity contribution in [2.75, 3.05) is 13.1 Å². The maximum Gasteiger partial charge on any atom is 0.170 e. The van der Waals surface area contributed by atoms with Crippen LogP contribution in [0.1, 0.15) is 35.7 Å². The van der Waals surface area contributed by atoms with Crippen LogP contribution in [-0.2, 0) is 13.6 Å². The highest BCUT2D eigenvalue weighted by Crippen LogP contribution is 2.33. The summed E-state index contributed by atoms with van der Waals surface area (Å²) in [5.41, 5.74) is 4.03. The lowest BCUT2D eigenvalue weighted by molar-refractivity contribution is 0.197. The zero-order valence-corrected chi connectivity index (χ0v) is 14.0. The lowest BCUT2D eigenvalue weighted by Gasteiger charge is -2.31. The summed E-state index contributed by atoms with van der Waals surface area (Å²) < 4.78 is 20.6. The molecule has 0 aliphatic carbocycles. The third-order valence-electron chi connectivity index (χ3n) is 5.08. The van der Waals surface area contributed by atoms with E-state index in [9.17, 15) is 4.39 Å². The molecule has 1 fully saturated rings. The highest BCUT2D eigenvalue weighted by atomic mass is 19.1. The van der Waals surface area contributed by atoms with Crippen LogP contribution in [-0.4, -0.2) is 32.9 Å². The third-order valence-corrected chi connectivity index (χ3v) is 5.08. The highest BCUT2D eigenvalue weighted by molar-refractivity contribution is 5.79. The molecule has 3 heterocycles. The average molecular weight is 328 g/mol. The maximum absolute atomic E-state index is 13.3. The number of fused-ring (bicyclic) bond motifs is 1. The van der Waals surface area contributed by atoms with E-state index in [1.807, 2.05) is 17.9 Å². The van der Waals surface area contributed by atoms with Gasteiger partial charge in [-0.25, -0.2) is 4.39 Å². The predicted octanol–water partition coefficient (Wildman–Crippen LogP) is 3.39. The summed E-state index contributed by atoms with van der Waals surface area (Å²) in [6, 6.07) is 4.66. The van der Waals surface area contributed by atoms with Gasteiger partial charge in [-0.1, -0.05) is 5.16 Å². The van der Waals surface area contributed by atoms with E-state index in [0.29, 0.717) is 11.5 Å². The quantitative estimate of drug-likeness (QED) is 0.739. The molecule has 0 amide bonds. The Labute approximate surface area is 140 Å². The number of nitrogens with zero attached hydrogens (tertiary/aromatic N) is 4. The molecule has 0 radical (unpaired) electrons. The van der Waals surface area contributed by atoms with Crippen molar-refractivity contribution in [1.29, 1.82) is 0 Å². The van der Waals surface area contributed by atoms with Gasteiger partial charge >= 0.3 is 0 Å². The second-order valence-corrected chi connectivity index (χ2v) is 6.66. The Bertz CT molecular complexity index is 842. The molecule has 1 aliphatic rings. The number of piperidine rings is 1. The molecule has 0 N–H and O–H groups in total. The molecule has 126 valence electrons. The van der Waals surface area contributed by atoms with Crippen LogP contribution in [0.3, 0.4) is 0 Å². The first-order valence-corrected chi connectivity index (χ1v) is 8.36. The minimum Gasteiger partial charge on any atom is -0.356 e. The van der Waals surface area contributed by atoms with E-state index in [1.54, 1.807) is 6.07 Å². The molecule has 0 spiro atoms. The van der Waals surface area contributed by atoms with Gasteiger partial charge in [-0.2, -0.15) is 5.10 Å². The highest BCUT2D eigenvalue weighted by Gasteiger charge is 2.25. The fourth-order valence-corrected chi connectivity index (χ4v) is 3.60. The van der Waals surface area contributed by atoms with Crippen LogP contribution in [0.25, 0.3) is 11.0 Å². The largest absolute Gasteiger partial charge is 0.356 e. The summed E-state index contributed by atoms with van der Waals surface area (Å²) in [5, 5.41) is 9.47. The molecule has 0 saturated carbocycles. The molecule has 0 bridgehead atoms. The molecule has 0 atom stereocenters. The zero-order valence-electron chi connectivity index (χ0n) is 14.0. The normalized spacial score (nSPS) is 17.0. The first-order chi connectivity index (χ1) is 11.6. The summed E-state index contributed by atoms with van der Waals surface area (Å²) in [4.78, 5) is 2.46. The average Bonchev–Trinajstić information content (AvgIpc) is 3.13. The fraction of sp³-hybridized carbons (Fsp3) is 0.444. The molecule has 1 saturated heterocycles. The number of likely N-dealkylation sites (tertiary alicyclic amines) is 1. The van der Waals surface area contributed by atoms with E-state index in [-0.39, 0.29) is 5.82 Å². The molecule has 2 aromatic heterocycles. The Morgan fingerprint density at radius 2 is 2.08 bits per heavy atom. The number of halogens is 1. The standard InChI is InChI=1S/C18H21FN4O/c1-12-10-20-22(2)16(12)11-23-7-5-13(6-8-23)18-15-4-3-14(19)9-17(15)24-21-18/h3-4,9-10,13H,5-8,11H2,1-2H3. The first kappa shape index (κ1) is 15.3. The Hall–Kier alpha value is -2.21. The molecule has 4 rings (SSSR count). The topological polar surface area (TPSA) is 47.1 Å². The van der Waals surface area contributed by atoms with Gasteiger partial charge in [-0.3, -0.25) is 9.58 Å².